The van der Waals surface area contributed by atoms with E-state index in [1.807, 2.05) is 55.4 Å². The number of anilines is 2. The zero-order valence-corrected chi connectivity index (χ0v) is 39.5. The second kappa shape index (κ2) is 25.7. The number of nitrogens with one attached hydrogen (secondary N) is 1. The van der Waals surface area contributed by atoms with E-state index in [1.54, 1.807) is 38.3 Å². The highest BCUT2D eigenvalue weighted by atomic mass is 16.6. The highest BCUT2D eigenvalue weighted by Crippen LogP contribution is 2.33. The minimum atomic E-state index is -0.701. The lowest BCUT2D eigenvalue weighted by molar-refractivity contribution is -0.110. The van der Waals surface area contributed by atoms with Gasteiger partial charge in [0.1, 0.15) is 0 Å². The molecule has 64 heavy (non-hydrogen) atoms. The third-order valence-corrected chi connectivity index (χ3v) is 10.7. The van der Waals surface area contributed by atoms with Crippen molar-refractivity contribution in [2.45, 2.75) is 117 Å². The molecule has 0 aliphatic rings. The van der Waals surface area contributed by atoms with E-state index >= 15 is 0 Å². The van der Waals surface area contributed by atoms with Crippen LogP contribution in [0.3, 0.4) is 0 Å². The van der Waals surface area contributed by atoms with Crippen LogP contribution in [0.5, 0.6) is 0 Å². The molecule has 0 bridgehead atoms. The van der Waals surface area contributed by atoms with Crippen molar-refractivity contribution in [3.63, 3.8) is 0 Å². The smallest absolute Gasteiger partial charge is 0.264 e. The fourth-order valence-corrected chi connectivity index (χ4v) is 7.05. The predicted octanol–water partition coefficient (Wildman–Crippen LogP) is 4.35. The number of ether oxygens (including phenoxy) is 10. The van der Waals surface area contributed by atoms with Crippen LogP contribution in [0.4, 0.5) is 11.4 Å². The maximum absolute atomic E-state index is 13.9. The zero-order chi connectivity index (χ0) is 47.1. The summed E-state index contributed by atoms with van der Waals surface area (Å²) in [5.41, 5.74) is 4.15. The molecule has 0 aliphatic heterocycles. The number of nitrogen functional groups attached to an aromatic ring is 1. The van der Waals surface area contributed by atoms with Gasteiger partial charge in [-0.3, -0.25) is 23.7 Å². The van der Waals surface area contributed by atoms with Crippen molar-refractivity contribution in [3.8, 4) is 0 Å². The Balaban J connectivity index is 1.13. The average Bonchev–Trinajstić information content (AvgIpc) is 3.55. The number of benzene rings is 3. The molecule has 0 saturated heterocycles. The molecular weight excluding hydrogens is 831 g/mol. The zero-order valence-electron chi connectivity index (χ0n) is 39.5. The van der Waals surface area contributed by atoms with Crippen LogP contribution < -0.4 is 33.0 Å². The molecule has 9 unspecified atom stereocenters. The number of fused-ring (bicyclic) bond motifs is 3. The molecule has 0 amide bonds. The van der Waals surface area contributed by atoms with Gasteiger partial charge in [-0.15, -0.1) is 0 Å². The second-order valence-electron chi connectivity index (χ2n) is 16.8. The molecule has 17 heteroatoms. The molecule has 1 heterocycles. The first-order valence-electron chi connectivity index (χ1n) is 22.2. The number of nitrogens with two attached hydrogens (primary N) is 1. The first-order chi connectivity index (χ1) is 30.5. The third kappa shape index (κ3) is 14.3. The summed E-state index contributed by atoms with van der Waals surface area (Å²) < 4.78 is 59.0. The van der Waals surface area contributed by atoms with Crippen LogP contribution in [0.25, 0.3) is 32.3 Å². The summed E-state index contributed by atoms with van der Waals surface area (Å²) in [6.07, 6.45) is -1.33. The minimum Gasteiger partial charge on any atom is -0.397 e. The molecule has 0 radical (unpaired) electrons. The fraction of sp³-hybridized carbons (Fsp3) is 0.660. The van der Waals surface area contributed by atoms with Crippen LogP contribution in [0.2, 0.25) is 0 Å². The lowest BCUT2D eigenvalue weighted by Crippen LogP contribution is -2.33. The van der Waals surface area contributed by atoms with Crippen LogP contribution in [-0.4, -0.2) is 140 Å². The van der Waals surface area contributed by atoms with E-state index in [0.29, 0.717) is 59.5 Å². The minimum absolute atomic E-state index is 0.0118. The van der Waals surface area contributed by atoms with Gasteiger partial charge in [-0.1, -0.05) is 24.3 Å². The lowest BCUT2D eigenvalue weighted by Gasteiger charge is -2.23. The highest BCUT2D eigenvalue weighted by molar-refractivity contribution is 6.21. The van der Waals surface area contributed by atoms with Crippen LogP contribution >= 0.6 is 0 Å². The molecule has 3 aromatic carbocycles. The standard InChI is InChI=1S/C47H71N3O14/c1-27(50-46(53)39-41(47(50)54)43(49-10)40-38(42(39)48)44(51)36-14-12-13-15-37(36)45(40)52)18-57-29(3)20-59-31(5)22-61-33(7)24-63-35(9)26-64-34(8)25-62-32(6)23-60-30(4)21-58-28(2)19-56-17-16-55-11/h12-15,27-35,49H,16-26,48H2,1-11H3. The van der Waals surface area contributed by atoms with E-state index in [-0.39, 0.29) is 106 Å². The topological polar surface area (TPSA) is 204 Å². The van der Waals surface area contributed by atoms with Gasteiger partial charge >= 0.3 is 0 Å². The van der Waals surface area contributed by atoms with Crippen molar-refractivity contribution in [1.82, 2.24) is 4.57 Å². The summed E-state index contributed by atoms with van der Waals surface area (Å²) in [7, 11) is 3.17. The molecule has 0 spiro atoms. The molecule has 17 nitrogen and oxygen atoms in total. The Morgan fingerprint density at radius 1 is 0.500 bits per heavy atom. The number of nitrogens with zero attached hydrogens (tertiary/aromatic N) is 1. The Labute approximate surface area is 375 Å². The summed E-state index contributed by atoms with van der Waals surface area (Å²) in [5.74, 6) is 0. The fourth-order valence-electron chi connectivity index (χ4n) is 7.05. The molecule has 1 aromatic heterocycles. The number of methoxy groups -OCH3 is 1. The van der Waals surface area contributed by atoms with Crippen LogP contribution in [0.1, 0.15) is 68.4 Å². The maximum Gasteiger partial charge on any atom is 0.264 e. The van der Waals surface area contributed by atoms with Crippen molar-refractivity contribution in [3.05, 3.63) is 65.4 Å². The SMILES string of the molecule is CNc1c2c(=O)c3ccccc3c(=O)c2c(N)c2c(=O)n(C(C)COC(C)COC(C)COC(C)COC(C)COC(C)COC(C)COC(C)COC(C)COCCOC)c(=O)c12. The van der Waals surface area contributed by atoms with Gasteiger partial charge in [0.25, 0.3) is 11.1 Å². The Morgan fingerprint density at radius 2 is 0.859 bits per heavy atom. The Bertz CT molecular complexity index is 2280. The monoisotopic (exact) mass is 901 g/mol. The second-order valence-corrected chi connectivity index (χ2v) is 16.8. The summed E-state index contributed by atoms with van der Waals surface area (Å²) in [6, 6.07) is 5.71. The van der Waals surface area contributed by atoms with Gasteiger partial charge in [0.15, 0.2) is 10.9 Å². The molecular formula is C47H71N3O14. The van der Waals surface area contributed by atoms with E-state index in [0.717, 1.165) is 4.57 Å². The van der Waals surface area contributed by atoms with Gasteiger partial charge < -0.3 is 58.4 Å². The predicted molar refractivity (Wildman–Crippen MR) is 249 cm³/mol. The number of hydrogen-bond donors (Lipinski definition) is 2. The molecule has 358 valence electrons. The number of rotatable bonds is 31. The van der Waals surface area contributed by atoms with Crippen molar-refractivity contribution < 1.29 is 47.4 Å². The Hall–Kier alpha value is -3.88. The molecule has 0 fully saturated rings. The summed E-state index contributed by atoms with van der Waals surface area (Å²) in [5, 5.41) is 3.07. The van der Waals surface area contributed by atoms with Crippen molar-refractivity contribution in [2.75, 3.05) is 97.9 Å². The van der Waals surface area contributed by atoms with Crippen LogP contribution in [0.15, 0.2) is 43.4 Å². The van der Waals surface area contributed by atoms with E-state index < -0.39 is 28.0 Å². The maximum atomic E-state index is 13.9. The third-order valence-electron chi connectivity index (χ3n) is 10.7. The molecule has 0 aliphatic carbocycles. The van der Waals surface area contributed by atoms with Crippen LogP contribution in [-0.2, 0) is 47.4 Å². The average molecular weight is 902 g/mol. The first kappa shape index (κ1) is 52.7. The Kier molecular flexibility index (Phi) is 21.2. The molecule has 4 aromatic rings. The lowest BCUT2D eigenvalue weighted by atomic mass is 9.96. The van der Waals surface area contributed by atoms with Crippen molar-refractivity contribution in [1.29, 1.82) is 0 Å². The van der Waals surface area contributed by atoms with Gasteiger partial charge in [-0.05, 0) is 62.3 Å². The van der Waals surface area contributed by atoms with Crippen molar-refractivity contribution in [2.24, 2.45) is 0 Å². The number of hydrogen-bond acceptors (Lipinski definition) is 16. The van der Waals surface area contributed by atoms with E-state index in [4.69, 9.17) is 53.1 Å². The molecule has 9 atom stereocenters. The van der Waals surface area contributed by atoms with E-state index in [2.05, 4.69) is 5.32 Å². The summed E-state index contributed by atoms with van der Waals surface area (Å²) in [6.45, 7) is 21.4. The normalized spacial score (nSPS) is 16.5. The quantitative estimate of drug-likeness (QED) is 0.0312. The molecule has 4 rings (SSSR count). The van der Waals surface area contributed by atoms with Gasteiger partial charge in [0.2, 0.25) is 0 Å². The molecule has 0 saturated carbocycles. The molecule has 3 N–H and O–H groups in total. The van der Waals surface area contributed by atoms with Crippen molar-refractivity contribution >= 4 is 43.7 Å². The van der Waals surface area contributed by atoms with Gasteiger partial charge in [0.05, 0.1) is 160 Å². The Morgan fingerprint density at radius 3 is 1.25 bits per heavy atom. The van der Waals surface area contributed by atoms with E-state index in [9.17, 15) is 19.2 Å². The van der Waals surface area contributed by atoms with Crippen LogP contribution in [0, 0.1) is 0 Å². The van der Waals surface area contributed by atoms with Gasteiger partial charge in [0, 0.05) is 24.9 Å². The number of aromatic nitrogens is 1. The first-order valence-corrected chi connectivity index (χ1v) is 22.2. The largest absolute Gasteiger partial charge is 0.397 e. The van der Waals surface area contributed by atoms with E-state index in [1.165, 1.54) is 7.05 Å². The summed E-state index contributed by atoms with van der Waals surface area (Å²) >= 11 is 0. The highest BCUT2D eigenvalue weighted by Gasteiger charge is 2.28. The van der Waals surface area contributed by atoms with Gasteiger partial charge in [-0.2, -0.15) is 0 Å². The summed E-state index contributed by atoms with van der Waals surface area (Å²) in [4.78, 5) is 54.8. The van der Waals surface area contributed by atoms with Gasteiger partial charge in [-0.25, -0.2) is 0 Å².